The first-order valence-electron chi connectivity index (χ1n) is 5.47. The van der Waals surface area contributed by atoms with Gasteiger partial charge in [0, 0.05) is 10.3 Å². The first kappa shape index (κ1) is 11.7. The summed E-state index contributed by atoms with van der Waals surface area (Å²) in [6.45, 7) is 4.84. The highest BCUT2D eigenvalue weighted by atomic mass is 16.7. The molecule has 2 fully saturated rings. The number of ether oxygens (including phenoxy) is 2. The zero-order valence-corrected chi connectivity index (χ0v) is 9.59. The van der Waals surface area contributed by atoms with Gasteiger partial charge in [0.05, 0.1) is 25.4 Å². The predicted molar refractivity (Wildman–Crippen MR) is 56.6 cm³/mol. The number of aliphatic hydroxyl groups is 1. The molecule has 2 aliphatic rings. The van der Waals surface area contributed by atoms with Crippen molar-refractivity contribution in [1.82, 2.24) is 0 Å². The van der Waals surface area contributed by atoms with Crippen molar-refractivity contribution in [2.45, 2.75) is 44.6 Å². The van der Waals surface area contributed by atoms with Crippen LogP contribution in [0.5, 0.6) is 0 Å². The molecule has 0 bridgehead atoms. The Bertz CT molecular complexity index is 315. The lowest BCUT2D eigenvalue weighted by molar-refractivity contribution is -0.285. The van der Waals surface area contributed by atoms with Gasteiger partial charge >= 0.3 is 0 Å². The minimum absolute atomic E-state index is 0.187. The summed E-state index contributed by atoms with van der Waals surface area (Å²) in [6, 6.07) is -0.349. The first-order chi connectivity index (χ1) is 7.46. The molecule has 6 nitrogen and oxygen atoms in total. The third-order valence-corrected chi connectivity index (χ3v) is 3.38. The van der Waals surface area contributed by atoms with E-state index in [1.807, 2.05) is 13.8 Å². The highest BCUT2D eigenvalue weighted by Gasteiger charge is 2.48. The fraction of sp³-hybridized carbons (Fsp3) is 1.00. The standard InChI is InChI=1S/C10H17N3O3/c1-9(2)15-5-10(6-16-9)3-7(12-13-11)8(14)4-10/h7-8,14H,3-6H2,1-2H3/t7-,8-/m1/s1. The molecule has 0 aromatic carbocycles. The third kappa shape index (κ3) is 2.15. The van der Waals surface area contributed by atoms with Crippen molar-refractivity contribution in [1.29, 1.82) is 0 Å². The van der Waals surface area contributed by atoms with E-state index in [9.17, 15) is 5.11 Å². The van der Waals surface area contributed by atoms with E-state index in [0.717, 1.165) is 0 Å². The maximum absolute atomic E-state index is 9.79. The molecular weight excluding hydrogens is 210 g/mol. The average molecular weight is 227 g/mol. The molecule has 1 spiro atoms. The van der Waals surface area contributed by atoms with E-state index in [1.54, 1.807) is 0 Å². The second kappa shape index (κ2) is 3.89. The van der Waals surface area contributed by atoms with Crippen LogP contribution in [0.2, 0.25) is 0 Å². The molecule has 2 rings (SSSR count). The largest absolute Gasteiger partial charge is 0.393 e. The summed E-state index contributed by atoms with van der Waals surface area (Å²) in [5, 5.41) is 13.4. The Balaban J connectivity index is 2.04. The molecule has 0 aromatic rings. The monoisotopic (exact) mass is 227 g/mol. The summed E-state index contributed by atoms with van der Waals surface area (Å²) in [5.41, 5.74) is 8.21. The van der Waals surface area contributed by atoms with Gasteiger partial charge in [0.2, 0.25) is 0 Å². The summed E-state index contributed by atoms with van der Waals surface area (Å²) in [5.74, 6) is -0.549. The lowest BCUT2D eigenvalue weighted by atomic mass is 9.87. The zero-order chi connectivity index (χ0) is 11.8. The fourth-order valence-electron chi connectivity index (χ4n) is 2.40. The van der Waals surface area contributed by atoms with Gasteiger partial charge in [0.15, 0.2) is 5.79 Å². The minimum atomic E-state index is -0.579. The molecule has 1 aliphatic heterocycles. The van der Waals surface area contributed by atoms with Gasteiger partial charge in [-0.2, -0.15) is 0 Å². The summed E-state index contributed by atoms with van der Waals surface area (Å²) < 4.78 is 11.2. The van der Waals surface area contributed by atoms with Crippen molar-refractivity contribution < 1.29 is 14.6 Å². The lowest BCUT2D eigenvalue weighted by Gasteiger charge is -2.41. The van der Waals surface area contributed by atoms with Crippen molar-refractivity contribution in [3.63, 3.8) is 0 Å². The Morgan fingerprint density at radius 2 is 1.94 bits per heavy atom. The van der Waals surface area contributed by atoms with Gasteiger partial charge in [-0.1, -0.05) is 5.11 Å². The maximum atomic E-state index is 9.79. The quantitative estimate of drug-likeness (QED) is 0.419. The number of hydrogen-bond donors (Lipinski definition) is 1. The van der Waals surface area contributed by atoms with Crippen LogP contribution in [0.1, 0.15) is 26.7 Å². The van der Waals surface area contributed by atoms with Gasteiger partial charge in [-0.15, -0.1) is 0 Å². The normalized spacial score (nSPS) is 35.9. The van der Waals surface area contributed by atoms with Crippen LogP contribution in [0.3, 0.4) is 0 Å². The van der Waals surface area contributed by atoms with E-state index >= 15 is 0 Å². The molecule has 1 saturated heterocycles. The van der Waals surface area contributed by atoms with Gasteiger partial charge in [0.25, 0.3) is 0 Å². The molecular formula is C10H17N3O3. The van der Waals surface area contributed by atoms with Crippen LogP contribution < -0.4 is 0 Å². The summed E-state index contributed by atoms with van der Waals surface area (Å²) >= 11 is 0. The summed E-state index contributed by atoms with van der Waals surface area (Å²) in [4.78, 5) is 2.76. The second-order valence-corrected chi connectivity index (χ2v) is 5.23. The Morgan fingerprint density at radius 1 is 1.31 bits per heavy atom. The van der Waals surface area contributed by atoms with Crippen LogP contribution in [0, 0.1) is 5.41 Å². The molecule has 2 atom stereocenters. The molecule has 1 heterocycles. The van der Waals surface area contributed by atoms with Crippen LogP contribution in [0.25, 0.3) is 10.4 Å². The number of hydrogen-bond acceptors (Lipinski definition) is 4. The van der Waals surface area contributed by atoms with E-state index in [0.29, 0.717) is 26.1 Å². The molecule has 1 saturated carbocycles. The smallest absolute Gasteiger partial charge is 0.162 e. The number of azide groups is 1. The van der Waals surface area contributed by atoms with Gasteiger partial charge < -0.3 is 14.6 Å². The Kier molecular flexibility index (Phi) is 2.84. The lowest BCUT2D eigenvalue weighted by Crippen LogP contribution is -2.45. The van der Waals surface area contributed by atoms with Gasteiger partial charge in [-0.3, -0.25) is 0 Å². The topological polar surface area (TPSA) is 87.5 Å². The summed E-state index contributed by atoms with van der Waals surface area (Å²) in [7, 11) is 0. The average Bonchev–Trinajstić information content (AvgIpc) is 2.51. The minimum Gasteiger partial charge on any atom is -0.393 e. The zero-order valence-electron chi connectivity index (χ0n) is 9.59. The van der Waals surface area contributed by atoms with Crippen molar-refractivity contribution >= 4 is 0 Å². The van der Waals surface area contributed by atoms with Gasteiger partial charge in [-0.05, 0) is 32.2 Å². The Labute approximate surface area is 94.2 Å². The maximum Gasteiger partial charge on any atom is 0.162 e. The number of nitrogens with zero attached hydrogens (tertiary/aromatic N) is 3. The molecule has 16 heavy (non-hydrogen) atoms. The van der Waals surface area contributed by atoms with Gasteiger partial charge in [0.1, 0.15) is 0 Å². The van der Waals surface area contributed by atoms with E-state index in [-0.39, 0.29) is 11.5 Å². The van der Waals surface area contributed by atoms with E-state index in [1.165, 1.54) is 0 Å². The van der Waals surface area contributed by atoms with Crippen LogP contribution in [0.15, 0.2) is 5.11 Å². The van der Waals surface area contributed by atoms with Crippen molar-refractivity contribution in [2.24, 2.45) is 10.5 Å². The molecule has 0 aromatic heterocycles. The van der Waals surface area contributed by atoms with Crippen LogP contribution in [-0.2, 0) is 9.47 Å². The Morgan fingerprint density at radius 3 is 2.50 bits per heavy atom. The van der Waals surface area contributed by atoms with Crippen molar-refractivity contribution in [3.05, 3.63) is 10.4 Å². The third-order valence-electron chi connectivity index (χ3n) is 3.38. The molecule has 0 amide bonds. The highest BCUT2D eigenvalue weighted by Crippen LogP contribution is 2.44. The predicted octanol–water partition coefficient (Wildman–Crippen LogP) is 1.59. The van der Waals surface area contributed by atoms with Gasteiger partial charge in [-0.25, -0.2) is 0 Å². The molecule has 6 heteroatoms. The first-order valence-corrected chi connectivity index (χ1v) is 5.47. The fourth-order valence-corrected chi connectivity index (χ4v) is 2.40. The molecule has 1 N–H and O–H groups in total. The SMILES string of the molecule is CC1(C)OCC2(CO1)C[C@@H](O)[C@H](N=[N+]=[N-])C2. The van der Waals surface area contributed by atoms with Crippen LogP contribution >= 0.6 is 0 Å². The van der Waals surface area contributed by atoms with Crippen LogP contribution in [-0.4, -0.2) is 36.3 Å². The van der Waals surface area contributed by atoms with Crippen molar-refractivity contribution in [3.8, 4) is 0 Å². The van der Waals surface area contributed by atoms with Crippen LogP contribution in [0.4, 0.5) is 0 Å². The van der Waals surface area contributed by atoms with Crippen molar-refractivity contribution in [2.75, 3.05) is 13.2 Å². The summed E-state index contributed by atoms with van der Waals surface area (Å²) in [6.07, 6.45) is 0.630. The number of rotatable bonds is 1. The van der Waals surface area contributed by atoms with E-state index in [2.05, 4.69) is 10.0 Å². The number of aliphatic hydroxyl groups excluding tert-OH is 1. The highest BCUT2D eigenvalue weighted by molar-refractivity contribution is 4.99. The molecule has 0 radical (unpaired) electrons. The van der Waals surface area contributed by atoms with E-state index in [4.69, 9.17) is 15.0 Å². The molecule has 0 unspecified atom stereocenters. The second-order valence-electron chi connectivity index (χ2n) is 5.23. The Hall–Kier alpha value is -0.810. The van der Waals surface area contributed by atoms with E-state index < -0.39 is 11.9 Å². The molecule has 90 valence electrons. The molecule has 1 aliphatic carbocycles.